The molecule has 1 heterocycles. The van der Waals surface area contributed by atoms with Gasteiger partial charge in [0, 0.05) is 19.5 Å². The van der Waals surface area contributed by atoms with Crippen molar-refractivity contribution >= 4 is 15.9 Å². The highest BCUT2D eigenvalue weighted by atomic mass is 32.2. The van der Waals surface area contributed by atoms with Crippen LogP contribution in [0, 0.1) is 5.92 Å². The summed E-state index contributed by atoms with van der Waals surface area (Å²) in [7, 11) is -3.59. The zero-order chi connectivity index (χ0) is 24.9. The van der Waals surface area contributed by atoms with Crippen molar-refractivity contribution in [3.05, 3.63) is 65.2 Å². The van der Waals surface area contributed by atoms with Gasteiger partial charge in [-0.3, -0.25) is 4.79 Å². The maximum Gasteiger partial charge on any atom is 0.416 e. The lowest BCUT2D eigenvalue weighted by atomic mass is 9.94. The van der Waals surface area contributed by atoms with Crippen molar-refractivity contribution in [3.8, 4) is 0 Å². The minimum Gasteiger partial charge on any atom is -0.379 e. The van der Waals surface area contributed by atoms with Gasteiger partial charge in [0.15, 0.2) is 0 Å². The fourth-order valence-electron chi connectivity index (χ4n) is 3.81. The molecule has 6 nitrogen and oxygen atoms in total. The highest BCUT2D eigenvalue weighted by Gasteiger charge is 2.31. The van der Waals surface area contributed by atoms with Crippen molar-refractivity contribution in [2.24, 2.45) is 5.92 Å². The summed E-state index contributed by atoms with van der Waals surface area (Å²) in [6.07, 6.45) is -3.96. The molecular formula is C24H29F3N2O4S. The van der Waals surface area contributed by atoms with Crippen molar-refractivity contribution in [2.75, 3.05) is 26.3 Å². The van der Waals surface area contributed by atoms with Crippen LogP contribution < -0.4 is 5.32 Å². The number of amides is 1. The molecule has 1 aliphatic heterocycles. The Balaban J connectivity index is 1.61. The third kappa shape index (κ3) is 6.58. The summed E-state index contributed by atoms with van der Waals surface area (Å²) in [5.74, 6) is -0.404. The number of alkyl halides is 3. The quantitative estimate of drug-likeness (QED) is 0.593. The standard InChI is InChI=1S/C24H29F3N2O4S/c1-17(2)23(19-4-3-5-20(16-19)24(25,26)27)28-22(30)11-8-18-6-9-21(10-7-18)34(31,32)29-12-14-33-15-13-29/h3-7,9-10,16-17,23H,8,11-15H2,1-2H3,(H,28,30). The molecule has 186 valence electrons. The van der Waals surface area contributed by atoms with Crippen LogP contribution in [0.2, 0.25) is 0 Å². The third-order valence-electron chi connectivity index (χ3n) is 5.73. The zero-order valence-electron chi connectivity index (χ0n) is 19.1. The second-order valence-corrected chi connectivity index (χ2v) is 10.5. The third-order valence-corrected chi connectivity index (χ3v) is 7.64. The number of ether oxygens (including phenoxy) is 1. The van der Waals surface area contributed by atoms with Crippen LogP contribution in [0.4, 0.5) is 13.2 Å². The predicted molar refractivity (Wildman–Crippen MR) is 122 cm³/mol. The van der Waals surface area contributed by atoms with Crippen molar-refractivity contribution < 1.29 is 31.1 Å². The molecule has 2 aromatic carbocycles. The van der Waals surface area contributed by atoms with E-state index >= 15 is 0 Å². The molecule has 0 aliphatic carbocycles. The van der Waals surface area contributed by atoms with Crippen LogP contribution in [0.3, 0.4) is 0 Å². The van der Waals surface area contributed by atoms with Crippen LogP contribution >= 0.6 is 0 Å². The largest absolute Gasteiger partial charge is 0.416 e. The summed E-state index contributed by atoms with van der Waals surface area (Å²) < 4.78 is 71.2. The molecule has 1 fully saturated rings. The van der Waals surface area contributed by atoms with Gasteiger partial charge >= 0.3 is 6.18 Å². The number of halogens is 3. The molecule has 2 aromatic rings. The SMILES string of the molecule is CC(C)C(NC(=O)CCc1ccc(S(=O)(=O)N2CCOCC2)cc1)c1cccc(C(F)(F)F)c1. The van der Waals surface area contributed by atoms with E-state index in [9.17, 15) is 26.4 Å². The van der Waals surface area contributed by atoms with Gasteiger partial charge < -0.3 is 10.1 Å². The molecule has 1 atom stereocenters. The number of rotatable bonds is 8. The van der Waals surface area contributed by atoms with Crippen LogP contribution in [0.5, 0.6) is 0 Å². The Morgan fingerprint density at radius 3 is 2.32 bits per heavy atom. The summed E-state index contributed by atoms with van der Waals surface area (Å²) in [5, 5.41) is 2.84. The van der Waals surface area contributed by atoms with E-state index in [0.29, 0.717) is 38.3 Å². The van der Waals surface area contributed by atoms with Gasteiger partial charge in [0.25, 0.3) is 0 Å². The van der Waals surface area contributed by atoms with E-state index < -0.39 is 27.8 Å². The minimum atomic E-state index is -4.46. The Morgan fingerprint density at radius 2 is 1.74 bits per heavy atom. The molecule has 34 heavy (non-hydrogen) atoms. The maximum atomic E-state index is 13.1. The van der Waals surface area contributed by atoms with Gasteiger partial charge in [-0.25, -0.2) is 8.42 Å². The molecule has 1 unspecified atom stereocenters. The Hall–Kier alpha value is -2.43. The van der Waals surface area contributed by atoms with E-state index in [4.69, 9.17) is 4.74 Å². The molecular weight excluding hydrogens is 469 g/mol. The predicted octanol–water partition coefficient (Wildman–Crippen LogP) is 4.17. The number of nitrogens with zero attached hydrogens (tertiary/aromatic N) is 1. The highest BCUT2D eigenvalue weighted by molar-refractivity contribution is 7.89. The second kappa shape index (κ2) is 10.9. The summed E-state index contributed by atoms with van der Waals surface area (Å²) in [5.41, 5.74) is 0.434. The molecule has 1 saturated heterocycles. The van der Waals surface area contributed by atoms with E-state index in [1.54, 1.807) is 18.2 Å². The first kappa shape index (κ1) is 26.2. The monoisotopic (exact) mass is 498 g/mol. The van der Waals surface area contributed by atoms with Crippen LogP contribution in [-0.2, 0) is 32.2 Å². The lowest BCUT2D eigenvalue weighted by Crippen LogP contribution is -2.40. The number of hydrogen-bond donors (Lipinski definition) is 1. The lowest BCUT2D eigenvalue weighted by Gasteiger charge is -2.26. The van der Waals surface area contributed by atoms with Crippen molar-refractivity contribution in [3.63, 3.8) is 0 Å². The molecule has 0 radical (unpaired) electrons. The van der Waals surface area contributed by atoms with E-state index in [1.807, 2.05) is 13.8 Å². The van der Waals surface area contributed by atoms with Gasteiger partial charge in [-0.05, 0) is 47.7 Å². The van der Waals surface area contributed by atoms with E-state index in [0.717, 1.165) is 17.7 Å². The number of aryl methyl sites for hydroxylation is 1. The average molecular weight is 499 g/mol. The average Bonchev–Trinajstić information content (AvgIpc) is 2.81. The van der Waals surface area contributed by atoms with Crippen LogP contribution in [0.1, 0.15) is 43.0 Å². The van der Waals surface area contributed by atoms with Crippen LogP contribution in [0.15, 0.2) is 53.4 Å². The Bertz CT molecular complexity index is 1080. The molecule has 0 bridgehead atoms. The van der Waals surface area contributed by atoms with Gasteiger partial charge in [0.2, 0.25) is 15.9 Å². The number of carbonyl (C=O) groups is 1. The zero-order valence-corrected chi connectivity index (χ0v) is 20.0. The Kier molecular flexibility index (Phi) is 8.38. The Morgan fingerprint density at radius 1 is 1.09 bits per heavy atom. The van der Waals surface area contributed by atoms with Crippen molar-refractivity contribution in [2.45, 2.75) is 43.8 Å². The first-order chi connectivity index (χ1) is 16.0. The van der Waals surface area contributed by atoms with Gasteiger partial charge in [-0.1, -0.05) is 38.1 Å². The number of carbonyl (C=O) groups excluding carboxylic acids is 1. The summed E-state index contributed by atoms with van der Waals surface area (Å²) >= 11 is 0. The summed E-state index contributed by atoms with van der Waals surface area (Å²) in [6, 6.07) is 10.8. The lowest BCUT2D eigenvalue weighted by molar-refractivity contribution is -0.137. The van der Waals surface area contributed by atoms with Gasteiger partial charge in [0.1, 0.15) is 0 Å². The first-order valence-corrected chi connectivity index (χ1v) is 12.6. The minimum absolute atomic E-state index is 0.114. The van der Waals surface area contributed by atoms with Crippen molar-refractivity contribution in [1.29, 1.82) is 0 Å². The smallest absolute Gasteiger partial charge is 0.379 e. The topological polar surface area (TPSA) is 75.7 Å². The number of morpholine rings is 1. The summed E-state index contributed by atoms with van der Waals surface area (Å²) in [4.78, 5) is 12.8. The van der Waals surface area contributed by atoms with Crippen LogP contribution in [0.25, 0.3) is 0 Å². The molecule has 0 aromatic heterocycles. The van der Waals surface area contributed by atoms with E-state index in [1.165, 1.54) is 22.5 Å². The first-order valence-electron chi connectivity index (χ1n) is 11.1. The highest BCUT2D eigenvalue weighted by Crippen LogP contribution is 2.32. The van der Waals surface area contributed by atoms with Crippen molar-refractivity contribution in [1.82, 2.24) is 9.62 Å². The maximum absolute atomic E-state index is 13.1. The van der Waals surface area contributed by atoms with Crippen LogP contribution in [-0.4, -0.2) is 44.9 Å². The number of hydrogen-bond acceptors (Lipinski definition) is 4. The Labute approximate surface area is 198 Å². The van der Waals surface area contributed by atoms with E-state index in [2.05, 4.69) is 5.32 Å². The number of nitrogens with one attached hydrogen (secondary N) is 1. The molecule has 1 aliphatic rings. The molecule has 0 spiro atoms. The fraction of sp³-hybridized carbons (Fsp3) is 0.458. The van der Waals surface area contributed by atoms with Gasteiger partial charge in [-0.2, -0.15) is 17.5 Å². The fourth-order valence-corrected chi connectivity index (χ4v) is 5.22. The van der Waals surface area contributed by atoms with Gasteiger partial charge in [-0.15, -0.1) is 0 Å². The summed E-state index contributed by atoms with van der Waals surface area (Å²) in [6.45, 7) is 5.02. The second-order valence-electron chi connectivity index (χ2n) is 8.57. The number of benzene rings is 2. The molecule has 0 saturated carbocycles. The molecule has 1 amide bonds. The number of sulfonamides is 1. The van der Waals surface area contributed by atoms with E-state index in [-0.39, 0.29) is 23.1 Å². The molecule has 10 heteroatoms. The van der Waals surface area contributed by atoms with Gasteiger partial charge in [0.05, 0.1) is 29.7 Å². The molecule has 3 rings (SSSR count). The normalized spacial score (nSPS) is 16.4. The molecule has 1 N–H and O–H groups in total.